The number of piperazine rings is 1. The lowest BCUT2D eigenvalue weighted by atomic mass is 10.1. The molecule has 4 heteroatoms. The molecule has 0 atom stereocenters. The number of rotatable bonds is 0. The van der Waals surface area contributed by atoms with Crippen molar-refractivity contribution in [3.63, 3.8) is 0 Å². The van der Waals surface area contributed by atoms with Crippen molar-refractivity contribution in [3.8, 4) is 0 Å². The quantitative estimate of drug-likeness (QED) is 0.576. The Morgan fingerprint density at radius 1 is 0.444 bits per heavy atom. The van der Waals surface area contributed by atoms with Crippen LogP contribution in [0.1, 0.15) is 12.8 Å². The molecule has 2 N–H and O–H groups in total. The average Bonchev–Trinajstić information content (AvgIpc) is 2.76. The Balaban J connectivity index is 1.62. The standard InChI is InChI=1S/C14H30N4/c1-3-15-5-9-17(7-1)11-13-18(14-12-17)8-2-4-16-6-10-18/h15-16H,1-14H2/q+2. The summed E-state index contributed by atoms with van der Waals surface area (Å²) in [7, 11) is 0. The molecule has 3 saturated heterocycles. The summed E-state index contributed by atoms with van der Waals surface area (Å²) in [6, 6.07) is 0. The normalized spacial score (nSPS) is 42.7. The van der Waals surface area contributed by atoms with E-state index < -0.39 is 0 Å². The number of nitrogens with zero attached hydrogens (tertiary/aromatic N) is 2. The van der Waals surface area contributed by atoms with Gasteiger partial charge < -0.3 is 19.6 Å². The van der Waals surface area contributed by atoms with Gasteiger partial charge >= 0.3 is 0 Å². The van der Waals surface area contributed by atoms with Gasteiger partial charge in [-0.2, -0.15) is 0 Å². The monoisotopic (exact) mass is 254 g/mol. The van der Waals surface area contributed by atoms with E-state index in [1.54, 1.807) is 0 Å². The molecule has 0 aromatic heterocycles. The first-order chi connectivity index (χ1) is 8.83. The van der Waals surface area contributed by atoms with Gasteiger partial charge in [-0.25, -0.2) is 0 Å². The second-order valence-corrected chi connectivity index (χ2v) is 6.68. The third-order valence-electron chi connectivity index (χ3n) is 5.60. The van der Waals surface area contributed by atoms with E-state index in [2.05, 4.69) is 10.6 Å². The SMILES string of the molecule is C1CNCC[N+]2(C1)CC[N+]1(CCCNCC1)CC2. The molecule has 0 aliphatic carbocycles. The largest absolute Gasteiger partial charge is 0.313 e. The van der Waals surface area contributed by atoms with Crippen molar-refractivity contribution in [3.05, 3.63) is 0 Å². The van der Waals surface area contributed by atoms with Gasteiger partial charge in [-0.3, -0.25) is 0 Å². The van der Waals surface area contributed by atoms with Gasteiger partial charge in [0.1, 0.15) is 26.2 Å². The fourth-order valence-corrected chi connectivity index (χ4v) is 4.15. The first-order valence-corrected chi connectivity index (χ1v) is 7.94. The maximum atomic E-state index is 3.57. The van der Waals surface area contributed by atoms with E-state index in [4.69, 9.17) is 0 Å². The Kier molecular flexibility index (Phi) is 3.89. The molecule has 0 aromatic rings. The molecule has 0 unspecified atom stereocenters. The Labute approximate surface area is 112 Å². The van der Waals surface area contributed by atoms with Crippen LogP contribution in [0.5, 0.6) is 0 Å². The summed E-state index contributed by atoms with van der Waals surface area (Å²) in [5.74, 6) is 0. The van der Waals surface area contributed by atoms with Crippen LogP contribution in [-0.2, 0) is 0 Å². The molecule has 0 radical (unpaired) electrons. The van der Waals surface area contributed by atoms with E-state index >= 15 is 0 Å². The molecule has 0 aromatic carbocycles. The van der Waals surface area contributed by atoms with E-state index in [0.29, 0.717) is 0 Å². The lowest BCUT2D eigenvalue weighted by Crippen LogP contribution is -2.68. The second kappa shape index (κ2) is 5.45. The number of quaternary nitrogens is 2. The molecular weight excluding hydrogens is 224 g/mol. The molecule has 104 valence electrons. The van der Waals surface area contributed by atoms with Crippen molar-refractivity contribution in [1.29, 1.82) is 0 Å². The van der Waals surface area contributed by atoms with Gasteiger partial charge in [0, 0.05) is 39.0 Å². The van der Waals surface area contributed by atoms with Crippen molar-refractivity contribution >= 4 is 0 Å². The smallest absolute Gasteiger partial charge is 0.129 e. The van der Waals surface area contributed by atoms with Gasteiger partial charge in [0.05, 0.1) is 26.2 Å². The van der Waals surface area contributed by atoms with E-state index in [1.165, 1.54) is 100 Å². The first kappa shape index (κ1) is 12.9. The zero-order valence-electron chi connectivity index (χ0n) is 11.8. The van der Waals surface area contributed by atoms with Crippen LogP contribution in [0.25, 0.3) is 0 Å². The van der Waals surface area contributed by atoms with Gasteiger partial charge in [-0.15, -0.1) is 0 Å². The molecule has 3 aliphatic heterocycles. The average molecular weight is 254 g/mol. The Morgan fingerprint density at radius 3 is 1.33 bits per heavy atom. The summed E-state index contributed by atoms with van der Waals surface area (Å²) in [5.41, 5.74) is 0. The van der Waals surface area contributed by atoms with E-state index in [-0.39, 0.29) is 0 Å². The lowest BCUT2D eigenvalue weighted by Gasteiger charge is -2.49. The molecule has 3 rings (SSSR count). The summed E-state index contributed by atoms with van der Waals surface area (Å²) in [4.78, 5) is 0. The molecule has 18 heavy (non-hydrogen) atoms. The van der Waals surface area contributed by atoms with Gasteiger partial charge in [-0.05, 0) is 0 Å². The van der Waals surface area contributed by atoms with Crippen molar-refractivity contribution in [1.82, 2.24) is 10.6 Å². The molecule has 0 saturated carbocycles. The van der Waals surface area contributed by atoms with E-state index in [9.17, 15) is 0 Å². The zero-order valence-corrected chi connectivity index (χ0v) is 11.8. The number of hydrogen-bond donors (Lipinski definition) is 2. The van der Waals surface area contributed by atoms with Crippen molar-refractivity contribution < 1.29 is 8.97 Å². The third kappa shape index (κ3) is 2.72. The highest BCUT2D eigenvalue weighted by Crippen LogP contribution is 2.22. The minimum absolute atomic E-state index is 1.24. The summed E-state index contributed by atoms with van der Waals surface area (Å²) < 4.78 is 2.83. The molecule has 2 spiro atoms. The summed E-state index contributed by atoms with van der Waals surface area (Å²) >= 11 is 0. The van der Waals surface area contributed by atoms with Crippen LogP contribution >= 0.6 is 0 Å². The Hall–Kier alpha value is -0.160. The van der Waals surface area contributed by atoms with E-state index in [0.717, 1.165) is 0 Å². The minimum Gasteiger partial charge on any atom is -0.313 e. The van der Waals surface area contributed by atoms with Crippen LogP contribution in [0.2, 0.25) is 0 Å². The third-order valence-corrected chi connectivity index (χ3v) is 5.60. The van der Waals surface area contributed by atoms with Crippen LogP contribution in [0, 0.1) is 0 Å². The molecule has 3 fully saturated rings. The zero-order chi connectivity index (χ0) is 12.3. The van der Waals surface area contributed by atoms with Crippen molar-refractivity contribution in [2.24, 2.45) is 0 Å². The Bertz CT molecular complexity index is 223. The predicted octanol–water partition coefficient (Wildman–Crippen LogP) is -0.380. The lowest BCUT2D eigenvalue weighted by molar-refractivity contribution is -1.03. The molecule has 0 bridgehead atoms. The summed E-state index contributed by atoms with van der Waals surface area (Å²) in [5, 5.41) is 7.14. The summed E-state index contributed by atoms with van der Waals surface area (Å²) in [6.45, 7) is 16.3. The fourth-order valence-electron chi connectivity index (χ4n) is 4.15. The molecule has 3 heterocycles. The summed E-state index contributed by atoms with van der Waals surface area (Å²) in [6.07, 6.45) is 2.75. The van der Waals surface area contributed by atoms with Crippen LogP contribution in [0.3, 0.4) is 0 Å². The van der Waals surface area contributed by atoms with Crippen molar-refractivity contribution in [2.75, 3.05) is 78.5 Å². The minimum atomic E-state index is 1.24. The molecular formula is C14H30N4+2. The van der Waals surface area contributed by atoms with Crippen LogP contribution < -0.4 is 10.6 Å². The Morgan fingerprint density at radius 2 is 0.889 bits per heavy atom. The van der Waals surface area contributed by atoms with Gasteiger partial charge in [0.2, 0.25) is 0 Å². The van der Waals surface area contributed by atoms with Crippen LogP contribution in [0.15, 0.2) is 0 Å². The highest BCUT2D eigenvalue weighted by molar-refractivity contribution is 4.64. The highest BCUT2D eigenvalue weighted by Gasteiger charge is 2.42. The molecule has 4 nitrogen and oxygen atoms in total. The molecule has 0 amide bonds. The van der Waals surface area contributed by atoms with Gasteiger partial charge in [0.15, 0.2) is 0 Å². The van der Waals surface area contributed by atoms with Gasteiger partial charge in [-0.1, -0.05) is 0 Å². The molecule has 3 aliphatic rings. The second-order valence-electron chi connectivity index (χ2n) is 6.68. The predicted molar refractivity (Wildman–Crippen MR) is 74.4 cm³/mol. The van der Waals surface area contributed by atoms with Crippen molar-refractivity contribution in [2.45, 2.75) is 12.8 Å². The van der Waals surface area contributed by atoms with E-state index in [1.807, 2.05) is 0 Å². The van der Waals surface area contributed by atoms with Crippen LogP contribution in [0.4, 0.5) is 0 Å². The number of hydrogen-bond acceptors (Lipinski definition) is 2. The van der Waals surface area contributed by atoms with Gasteiger partial charge in [0.25, 0.3) is 0 Å². The maximum Gasteiger partial charge on any atom is 0.129 e. The fraction of sp³-hybridized carbons (Fsp3) is 1.00. The first-order valence-electron chi connectivity index (χ1n) is 7.94. The van der Waals surface area contributed by atoms with Crippen LogP contribution in [-0.4, -0.2) is 87.5 Å². The maximum absolute atomic E-state index is 3.57. The number of nitrogens with one attached hydrogen (secondary N) is 2. The highest BCUT2D eigenvalue weighted by atomic mass is 15.5. The topological polar surface area (TPSA) is 24.1 Å².